The molecule has 0 radical (unpaired) electrons. The summed E-state index contributed by atoms with van der Waals surface area (Å²) in [4.78, 5) is 13.2. The van der Waals surface area contributed by atoms with Gasteiger partial charge in [-0.3, -0.25) is 0 Å². The topological polar surface area (TPSA) is 98.1 Å². The number of piperazine rings is 1. The molecule has 0 bridgehead atoms. The predicted octanol–water partition coefficient (Wildman–Crippen LogP) is 2.42. The standard InChI is InChI=1S/C21H26N2O5S/c24-13-7-10-18-15-22(21(25)26)16-19(14-17-8-3-1-4-9-17)23(18)29(27,28)20-11-5-2-6-12-20/h1-6,8-9,11-12,18-19,24H,7,10,13-16H2,(H,25,26). The molecule has 1 aliphatic rings. The van der Waals surface area contributed by atoms with Crippen LogP contribution in [0, 0.1) is 0 Å². The number of nitrogens with zero attached hydrogens (tertiary/aromatic N) is 2. The zero-order valence-corrected chi connectivity index (χ0v) is 16.9. The summed E-state index contributed by atoms with van der Waals surface area (Å²) in [6, 6.07) is 16.6. The minimum absolute atomic E-state index is 0.0772. The molecule has 156 valence electrons. The molecule has 1 fully saturated rings. The fraction of sp³-hybridized carbons (Fsp3) is 0.381. The highest BCUT2D eigenvalue weighted by atomic mass is 32.2. The second-order valence-electron chi connectivity index (χ2n) is 7.20. The van der Waals surface area contributed by atoms with Crippen molar-refractivity contribution in [1.29, 1.82) is 0 Å². The number of benzene rings is 2. The van der Waals surface area contributed by atoms with Crippen molar-refractivity contribution in [3.63, 3.8) is 0 Å². The van der Waals surface area contributed by atoms with Crippen LogP contribution in [-0.2, 0) is 16.4 Å². The zero-order valence-electron chi connectivity index (χ0n) is 16.1. The Labute approximate surface area is 171 Å². The molecule has 0 saturated carbocycles. The van der Waals surface area contributed by atoms with Gasteiger partial charge in [0, 0.05) is 31.8 Å². The smallest absolute Gasteiger partial charge is 0.407 e. The fourth-order valence-electron chi connectivity index (χ4n) is 3.89. The van der Waals surface area contributed by atoms with Crippen molar-refractivity contribution in [2.75, 3.05) is 19.7 Å². The number of amides is 1. The Morgan fingerprint density at radius 1 is 0.966 bits per heavy atom. The van der Waals surface area contributed by atoms with Gasteiger partial charge in [0.25, 0.3) is 0 Å². The number of aliphatic hydroxyl groups is 1. The van der Waals surface area contributed by atoms with Crippen molar-refractivity contribution in [1.82, 2.24) is 9.21 Å². The maximum Gasteiger partial charge on any atom is 0.407 e. The van der Waals surface area contributed by atoms with Crippen molar-refractivity contribution in [3.05, 3.63) is 66.2 Å². The van der Waals surface area contributed by atoms with Crippen molar-refractivity contribution in [2.45, 2.75) is 36.2 Å². The van der Waals surface area contributed by atoms with Gasteiger partial charge in [0.05, 0.1) is 4.90 Å². The van der Waals surface area contributed by atoms with E-state index in [1.165, 1.54) is 9.21 Å². The first-order valence-corrected chi connectivity index (χ1v) is 11.1. The van der Waals surface area contributed by atoms with Crippen molar-refractivity contribution < 1.29 is 23.4 Å². The number of hydrogen-bond donors (Lipinski definition) is 2. The minimum atomic E-state index is -3.83. The maximum atomic E-state index is 13.5. The number of hydrogen-bond acceptors (Lipinski definition) is 4. The van der Waals surface area contributed by atoms with E-state index in [1.807, 2.05) is 30.3 Å². The van der Waals surface area contributed by atoms with Gasteiger partial charge in [0.1, 0.15) is 0 Å². The molecule has 0 spiro atoms. The van der Waals surface area contributed by atoms with E-state index in [2.05, 4.69) is 0 Å². The summed E-state index contributed by atoms with van der Waals surface area (Å²) in [5.41, 5.74) is 0.943. The largest absolute Gasteiger partial charge is 0.465 e. The SMILES string of the molecule is O=C(O)N1CC(CCCO)N(S(=O)(=O)c2ccccc2)C(Cc2ccccc2)C1. The quantitative estimate of drug-likeness (QED) is 0.720. The first-order valence-electron chi connectivity index (χ1n) is 9.64. The molecule has 2 aromatic rings. The molecule has 1 aliphatic heterocycles. The average molecular weight is 419 g/mol. The van der Waals surface area contributed by atoms with Gasteiger partial charge in [0.15, 0.2) is 0 Å². The van der Waals surface area contributed by atoms with Crippen LogP contribution in [0.2, 0.25) is 0 Å². The lowest BCUT2D eigenvalue weighted by Gasteiger charge is -2.45. The fourth-order valence-corrected chi connectivity index (χ4v) is 5.73. The predicted molar refractivity (Wildman–Crippen MR) is 109 cm³/mol. The molecule has 7 nitrogen and oxygen atoms in total. The van der Waals surface area contributed by atoms with Gasteiger partial charge in [-0.1, -0.05) is 48.5 Å². The molecule has 29 heavy (non-hydrogen) atoms. The molecule has 2 aromatic carbocycles. The third-order valence-corrected chi connectivity index (χ3v) is 7.20. The number of sulfonamides is 1. The number of carbonyl (C=O) groups is 1. The summed E-state index contributed by atoms with van der Waals surface area (Å²) in [7, 11) is -3.83. The second kappa shape index (κ2) is 9.39. The van der Waals surface area contributed by atoms with Crippen LogP contribution in [0.3, 0.4) is 0 Å². The lowest BCUT2D eigenvalue weighted by Crippen LogP contribution is -2.62. The Morgan fingerprint density at radius 2 is 1.55 bits per heavy atom. The van der Waals surface area contributed by atoms with Crippen LogP contribution >= 0.6 is 0 Å². The molecule has 0 aliphatic carbocycles. The Hall–Kier alpha value is -2.42. The van der Waals surface area contributed by atoms with E-state index < -0.39 is 28.2 Å². The number of carboxylic acid groups (broad SMARTS) is 1. The monoisotopic (exact) mass is 418 g/mol. The Balaban J connectivity index is 2.02. The Bertz CT molecular complexity index is 905. The number of rotatable bonds is 7. The molecule has 1 heterocycles. The second-order valence-corrected chi connectivity index (χ2v) is 9.04. The summed E-state index contributed by atoms with van der Waals surface area (Å²) in [5, 5.41) is 18.9. The maximum absolute atomic E-state index is 13.5. The summed E-state index contributed by atoms with van der Waals surface area (Å²) < 4.78 is 28.5. The van der Waals surface area contributed by atoms with Crippen molar-refractivity contribution in [2.24, 2.45) is 0 Å². The first-order chi connectivity index (χ1) is 13.9. The Morgan fingerprint density at radius 3 is 2.14 bits per heavy atom. The zero-order chi connectivity index (χ0) is 20.9. The molecule has 3 rings (SSSR count). The molecule has 2 unspecified atom stereocenters. The molecule has 1 amide bonds. The molecule has 1 saturated heterocycles. The molecule has 8 heteroatoms. The summed E-state index contributed by atoms with van der Waals surface area (Å²) >= 11 is 0. The summed E-state index contributed by atoms with van der Waals surface area (Å²) in [5.74, 6) is 0. The third kappa shape index (κ3) is 4.95. The van der Waals surface area contributed by atoms with Crippen LogP contribution in [-0.4, -0.2) is 65.7 Å². The summed E-state index contributed by atoms with van der Waals surface area (Å²) in [6.45, 7) is 0.116. The van der Waals surface area contributed by atoms with Gasteiger partial charge in [0.2, 0.25) is 10.0 Å². The highest BCUT2D eigenvalue weighted by Crippen LogP contribution is 2.29. The van der Waals surface area contributed by atoms with Crippen molar-refractivity contribution in [3.8, 4) is 0 Å². The van der Waals surface area contributed by atoms with Gasteiger partial charge in [-0.05, 0) is 37.0 Å². The molecule has 2 N–H and O–H groups in total. The van der Waals surface area contributed by atoms with Gasteiger partial charge in [-0.15, -0.1) is 0 Å². The molecule has 2 atom stereocenters. The van der Waals surface area contributed by atoms with Crippen LogP contribution in [0.5, 0.6) is 0 Å². The highest BCUT2D eigenvalue weighted by Gasteiger charge is 2.43. The molecular weight excluding hydrogens is 392 g/mol. The van der Waals surface area contributed by atoms with E-state index in [9.17, 15) is 23.4 Å². The highest BCUT2D eigenvalue weighted by molar-refractivity contribution is 7.89. The average Bonchev–Trinajstić information content (AvgIpc) is 2.73. The van der Waals surface area contributed by atoms with E-state index in [4.69, 9.17) is 0 Å². The van der Waals surface area contributed by atoms with Crippen LogP contribution < -0.4 is 0 Å². The molecule has 0 aromatic heterocycles. The lowest BCUT2D eigenvalue weighted by molar-refractivity contribution is 0.0701. The number of aliphatic hydroxyl groups excluding tert-OH is 1. The van der Waals surface area contributed by atoms with Crippen LogP contribution in [0.4, 0.5) is 4.79 Å². The van der Waals surface area contributed by atoms with E-state index in [0.717, 1.165) is 5.56 Å². The van der Waals surface area contributed by atoms with Gasteiger partial charge in [-0.2, -0.15) is 4.31 Å². The van der Waals surface area contributed by atoms with E-state index >= 15 is 0 Å². The van der Waals surface area contributed by atoms with Gasteiger partial charge in [-0.25, -0.2) is 13.2 Å². The van der Waals surface area contributed by atoms with E-state index in [-0.39, 0.29) is 24.6 Å². The van der Waals surface area contributed by atoms with Gasteiger partial charge < -0.3 is 15.1 Å². The summed E-state index contributed by atoms with van der Waals surface area (Å²) in [6.07, 6.45) is 0.134. The van der Waals surface area contributed by atoms with E-state index in [1.54, 1.807) is 30.3 Å². The third-order valence-electron chi connectivity index (χ3n) is 5.18. The van der Waals surface area contributed by atoms with Crippen LogP contribution in [0.1, 0.15) is 18.4 Å². The minimum Gasteiger partial charge on any atom is -0.465 e. The van der Waals surface area contributed by atoms with Crippen LogP contribution in [0.15, 0.2) is 65.6 Å². The molecular formula is C21H26N2O5S. The van der Waals surface area contributed by atoms with Crippen LogP contribution in [0.25, 0.3) is 0 Å². The normalized spacial score (nSPS) is 20.5. The Kier molecular flexibility index (Phi) is 6.89. The van der Waals surface area contributed by atoms with Crippen molar-refractivity contribution >= 4 is 16.1 Å². The van der Waals surface area contributed by atoms with E-state index in [0.29, 0.717) is 19.3 Å². The lowest BCUT2D eigenvalue weighted by atomic mass is 10.00. The first kappa shape index (κ1) is 21.3. The van der Waals surface area contributed by atoms with Gasteiger partial charge >= 0.3 is 6.09 Å².